The molecule has 0 saturated heterocycles. The summed E-state index contributed by atoms with van der Waals surface area (Å²) in [6.45, 7) is 11.9. The number of hydrogen-bond acceptors (Lipinski definition) is 2. The third-order valence-electron chi connectivity index (χ3n) is 3.66. The summed E-state index contributed by atoms with van der Waals surface area (Å²) in [5, 5.41) is 5.87. The van der Waals surface area contributed by atoms with Crippen LogP contribution in [0.4, 0.5) is 0 Å². The van der Waals surface area contributed by atoms with Crippen LogP contribution in [0.2, 0.25) is 0 Å². The molecule has 1 unspecified atom stereocenters. The van der Waals surface area contributed by atoms with Crippen molar-refractivity contribution in [1.29, 1.82) is 0 Å². The minimum Gasteiger partial charge on any atom is -0.492 e. The Labute approximate surface area is 127 Å². The van der Waals surface area contributed by atoms with Crippen LogP contribution in [-0.2, 0) is 0 Å². The monoisotopic (exact) mass is 283 g/mol. The highest BCUT2D eigenvalue weighted by atomic mass is 16.5. The maximum Gasteiger partial charge on any atom is 0.131 e. The Hall–Kier alpha value is -1.80. The van der Waals surface area contributed by atoms with Gasteiger partial charge in [0.05, 0.1) is 6.61 Å². The van der Waals surface area contributed by atoms with Gasteiger partial charge in [-0.2, -0.15) is 0 Å². The standard InChI is InChI=1S/C19H25NO/c1-5-20-15(4)17-11-10-16-8-6-7-9-18(16)19(17)21-13-12-14(2)3/h6-11,15,20H,2,5,12-13H2,1,3-4H3. The summed E-state index contributed by atoms with van der Waals surface area (Å²) >= 11 is 0. The third-order valence-corrected chi connectivity index (χ3v) is 3.66. The molecule has 0 fully saturated rings. The average Bonchev–Trinajstić information content (AvgIpc) is 2.47. The largest absolute Gasteiger partial charge is 0.492 e. The van der Waals surface area contributed by atoms with Gasteiger partial charge in [0.25, 0.3) is 0 Å². The molecule has 2 aromatic carbocycles. The average molecular weight is 283 g/mol. The Balaban J connectivity index is 2.39. The topological polar surface area (TPSA) is 21.3 Å². The zero-order valence-corrected chi connectivity index (χ0v) is 13.3. The van der Waals surface area contributed by atoms with Crippen LogP contribution in [-0.4, -0.2) is 13.2 Å². The van der Waals surface area contributed by atoms with E-state index in [2.05, 4.69) is 62.1 Å². The van der Waals surface area contributed by atoms with Gasteiger partial charge in [-0.3, -0.25) is 0 Å². The van der Waals surface area contributed by atoms with E-state index in [-0.39, 0.29) is 6.04 Å². The van der Waals surface area contributed by atoms with Crippen LogP contribution in [0.1, 0.15) is 38.8 Å². The van der Waals surface area contributed by atoms with Crippen LogP contribution in [0, 0.1) is 0 Å². The maximum absolute atomic E-state index is 6.13. The molecule has 2 heteroatoms. The van der Waals surface area contributed by atoms with Crippen molar-refractivity contribution < 1.29 is 4.74 Å². The Kier molecular flexibility index (Phi) is 5.40. The summed E-state index contributed by atoms with van der Waals surface area (Å²) in [7, 11) is 0. The molecule has 2 rings (SSSR count). The number of nitrogens with one attached hydrogen (secondary N) is 1. The van der Waals surface area contributed by atoms with Crippen molar-refractivity contribution in [2.24, 2.45) is 0 Å². The number of benzene rings is 2. The Bertz CT molecular complexity index is 618. The predicted molar refractivity (Wildman–Crippen MR) is 91.0 cm³/mol. The lowest BCUT2D eigenvalue weighted by molar-refractivity contribution is 0.319. The highest BCUT2D eigenvalue weighted by Crippen LogP contribution is 2.33. The second-order valence-corrected chi connectivity index (χ2v) is 5.54. The van der Waals surface area contributed by atoms with Gasteiger partial charge in [0.15, 0.2) is 0 Å². The molecule has 0 bridgehead atoms. The smallest absolute Gasteiger partial charge is 0.131 e. The molecule has 0 aliphatic heterocycles. The quantitative estimate of drug-likeness (QED) is 0.733. The molecule has 0 aliphatic rings. The SMILES string of the molecule is C=C(C)CCOc1c(C(C)NCC)ccc2ccccc12. The van der Waals surface area contributed by atoms with Crippen molar-refractivity contribution in [1.82, 2.24) is 5.32 Å². The molecular formula is C19H25NO. The number of ether oxygens (including phenoxy) is 1. The van der Waals surface area contributed by atoms with Crippen molar-refractivity contribution in [2.75, 3.05) is 13.2 Å². The van der Waals surface area contributed by atoms with Crippen molar-refractivity contribution >= 4 is 10.8 Å². The fourth-order valence-electron chi connectivity index (χ4n) is 2.51. The fraction of sp³-hybridized carbons (Fsp3) is 0.368. The third kappa shape index (κ3) is 3.85. The Morgan fingerprint density at radius 3 is 2.71 bits per heavy atom. The van der Waals surface area contributed by atoms with Gasteiger partial charge in [-0.25, -0.2) is 0 Å². The molecule has 1 N–H and O–H groups in total. The summed E-state index contributed by atoms with van der Waals surface area (Å²) in [5.74, 6) is 1.00. The lowest BCUT2D eigenvalue weighted by Gasteiger charge is -2.19. The van der Waals surface area contributed by atoms with E-state index < -0.39 is 0 Å². The molecule has 112 valence electrons. The number of hydrogen-bond donors (Lipinski definition) is 1. The number of rotatable bonds is 7. The van der Waals surface area contributed by atoms with Gasteiger partial charge >= 0.3 is 0 Å². The first-order valence-corrected chi connectivity index (χ1v) is 7.65. The second kappa shape index (κ2) is 7.28. The minimum atomic E-state index is 0.277. The van der Waals surface area contributed by atoms with Gasteiger partial charge in [-0.05, 0) is 25.8 Å². The molecule has 1 atom stereocenters. The van der Waals surface area contributed by atoms with E-state index in [0.29, 0.717) is 6.61 Å². The normalized spacial score (nSPS) is 12.3. The van der Waals surface area contributed by atoms with Gasteiger partial charge in [-0.15, -0.1) is 6.58 Å². The summed E-state index contributed by atoms with van der Waals surface area (Å²) in [5.41, 5.74) is 2.37. The fourth-order valence-corrected chi connectivity index (χ4v) is 2.51. The van der Waals surface area contributed by atoms with Crippen LogP contribution in [0.25, 0.3) is 10.8 Å². The van der Waals surface area contributed by atoms with E-state index in [1.807, 2.05) is 6.92 Å². The molecule has 0 spiro atoms. The van der Waals surface area contributed by atoms with Gasteiger partial charge in [0.2, 0.25) is 0 Å². The maximum atomic E-state index is 6.13. The summed E-state index contributed by atoms with van der Waals surface area (Å²) < 4.78 is 6.13. The van der Waals surface area contributed by atoms with Gasteiger partial charge in [0.1, 0.15) is 5.75 Å². The van der Waals surface area contributed by atoms with E-state index in [1.165, 1.54) is 16.3 Å². The van der Waals surface area contributed by atoms with E-state index >= 15 is 0 Å². The molecular weight excluding hydrogens is 258 g/mol. The lowest BCUT2D eigenvalue weighted by Crippen LogP contribution is -2.18. The van der Waals surface area contributed by atoms with Crippen molar-refractivity contribution in [3.05, 3.63) is 54.1 Å². The van der Waals surface area contributed by atoms with E-state index in [0.717, 1.165) is 24.3 Å². The molecule has 21 heavy (non-hydrogen) atoms. The van der Waals surface area contributed by atoms with Crippen LogP contribution in [0.15, 0.2) is 48.6 Å². The van der Waals surface area contributed by atoms with E-state index in [9.17, 15) is 0 Å². The number of fused-ring (bicyclic) bond motifs is 1. The van der Waals surface area contributed by atoms with Gasteiger partial charge in [-0.1, -0.05) is 48.9 Å². The summed E-state index contributed by atoms with van der Waals surface area (Å²) in [6.07, 6.45) is 0.887. The van der Waals surface area contributed by atoms with E-state index in [4.69, 9.17) is 4.74 Å². The van der Waals surface area contributed by atoms with Gasteiger partial charge in [0, 0.05) is 23.4 Å². The Morgan fingerprint density at radius 2 is 2.00 bits per heavy atom. The first kappa shape index (κ1) is 15.6. The van der Waals surface area contributed by atoms with Crippen molar-refractivity contribution in [3.8, 4) is 5.75 Å². The summed E-state index contributed by atoms with van der Waals surface area (Å²) in [6, 6.07) is 13.0. The van der Waals surface area contributed by atoms with Crippen molar-refractivity contribution in [3.63, 3.8) is 0 Å². The molecule has 0 heterocycles. The molecule has 2 aromatic rings. The van der Waals surface area contributed by atoms with Crippen LogP contribution < -0.4 is 10.1 Å². The predicted octanol–water partition coefficient (Wildman–Crippen LogP) is 4.86. The lowest BCUT2D eigenvalue weighted by atomic mass is 10.0. The van der Waals surface area contributed by atoms with E-state index in [1.54, 1.807) is 0 Å². The highest BCUT2D eigenvalue weighted by molar-refractivity contribution is 5.89. The first-order chi connectivity index (χ1) is 10.1. The second-order valence-electron chi connectivity index (χ2n) is 5.54. The van der Waals surface area contributed by atoms with Gasteiger partial charge < -0.3 is 10.1 Å². The minimum absolute atomic E-state index is 0.277. The molecule has 0 amide bonds. The Morgan fingerprint density at radius 1 is 1.24 bits per heavy atom. The van der Waals surface area contributed by atoms with Crippen molar-refractivity contribution in [2.45, 2.75) is 33.2 Å². The van der Waals surface area contributed by atoms with Crippen LogP contribution in [0.3, 0.4) is 0 Å². The molecule has 0 aliphatic carbocycles. The zero-order valence-electron chi connectivity index (χ0n) is 13.3. The highest BCUT2D eigenvalue weighted by Gasteiger charge is 2.14. The zero-order chi connectivity index (χ0) is 15.2. The summed E-state index contributed by atoms with van der Waals surface area (Å²) in [4.78, 5) is 0. The molecule has 2 nitrogen and oxygen atoms in total. The first-order valence-electron chi connectivity index (χ1n) is 7.65. The molecule has 0 radical (unpaired) electrons. The molecule has 0 aromatic heterocycles. The molecule has 0 saturated carbocycles. The van der Waals surface area contributed by atoms with Crippen LogP contribution >= 0.6 is 0 Å². The van der Waals surface area contributed by atoms with Crippen LogP contribution in [0.5, 0.6) is 5.75 Å².